The summed E-state index contributed by atoms with van der Waals surface area (Å²) in [5.41, 5.74) is 0.915. The Morgan fingerprint density at radius 2 is 2.22 bits per heavy atom. The Bertz CT molecular complexity index is 562. The van der Waals surface area contributed by atoms with Crippen LogP contribution in [0.25, 0.3) is 10.9 Å². The minimum absolute atomic E-state index is 0.0155. The Labute approximate surface area is 112 Å². The summed E-state index contributed by atoms with van der Waals surface area (Å²) >= 11 is 6.17. The first-order chi connectivity index (χ1) is 8.61. The number of aromatic nitrogens is 1. The van der Waals surface area contributed by atoms with Gasteiger partial charge in [-0.2, -0.15) is 0 Å². The minimum atomic E-state index is 0.0155. The van der Waals surface area contributed by atoms with Crippen molar-refractivity contribution in [1.29, 1.82) is 0 Å². The number of halogens is 1. The molecule has 0 aliphatic rings. The molecule has 0 radical (unpaired) electrons. The quantitative estimate of drug-likeness (QED) is 0.904. The minimum Gasteiger partial charge on any atom is -0.352 e. The molecule has 96 valence electrons. The zero-order chi connectivity index (χ0) is 13.1. The maximum Gasteiger partial charge on any atom is 0.240 e. The second-order valence-corrected chi connectivity index (χ2v) is 4.91. The molecule has 0 saturated carbocycles. The van der Waals surface area contributed by atoms with Crippen LogP contribution in [0.4, 0.5) is 0 Å². The van der Waals surface area contributed by atoms with E-state index in [4.69, 9.17) is 11.6 Å². The van der Waals surface area contributed by atoms with Gasteiger partial charge in [-0.3, -0.25) is 4.79 Å². The van der Waals surface area contributed by atoms with E-state index in [9.17, 15) is 4.79 Å². The lowest BCUT2D eigenvalue weighted by Gasteiger charge is -2.12. The van der Waals surface area contributed by atoms with Crippen molar-refractivity contribution in [1.82, 2.24) is 9.88 Å². The number of nitrogens with one attached hydrogen (secondary N) is 1. The third kappa shape index (κ3) is 2.67. The molecule has 0 aliphatic heterocycles. The largest absolute Gasteiger partial charge is 0.352 e. The molecule has 1 heterocycles. The molecule has 0 saturated heterocycles. The van der Waals surface area contributed by atoms with Gasteiger partial charge in [-0.1, -0.05) is 30.7 Å². The normalized spacial score (nSPS) is 12.6. The Morgan fingerprint density at radius 3 is 2.94 bits per heavy atom. The number of carbonyl (C=O) groups is 1. The molecule has 1 aromatic carbocycles. The van der Waals surface area contributed by atoms with Crippen molar-refractivity contribution in [3.05, 3.63) is 35.5 Å². The first kappa shape index (κ1) is 13.0. The molecule has 1 atom stereocenters. The van der Waals surface area contributed by atoms with Crippen LogP contribution in [0.1, 0.15) is 20.3 Å². The van der Waals surface area contributed by atoms with Crippen LogP contribution in [-0.4, -0.2) is 16.5 Å². The molecule has 2 rings (SSSR count). The van der Waals surface area contributed by atoms with E-state index < -0.39 is 0 Å². The van der Waals surface area contributed by atoms with Gasteiger partial charge < -0.3 is 9.88 Å². The maximum absolute atomic E-state index is 11.9. The van der Waals surface area contributed by atoms with E-state index in [0.717, 1.165) is 17.3 Å². The first-order valence-corrected chi connectivity index (χ1v) is 6.52. The lowest BCUT2D eigenvalue weighted by molar-refractivity contribution is -0.122. The lowest BCUT2D eigenvalue weighted by atomic mass is 10.2. The molecule has 0 fully saturated rings. The van der Waals surface area contributed by atoms with Crippen LogP contribution < -0.4 is 5.32 Å². The summed E-state index contributed by atoms with van der Waals surface area (Å²) in [4.78, 5) is 11.9. The molecule has 2 aromatic rings. The molecular weight excluding hydrogens is 248 g/mol. The standard InChI is InChI=1S/C14H17ClN2O/c1-3-10(2)16-13(18)9-17-8-7-11-5-4-6-12(15)14(11)17/h4-8,10H,3,9H2,1-2H3,(H,16,18). The van der Waals surface area contributed by atoms with Crippen molar-refractivity contribution in [2.45, 2.75) is 32.9 Å². The van der Waals surface area contributed by atoms with Gasteiger partial charge in [-0.25, -0.2) is 0 Å². The van der Waals surface area contributed by atoms with Gasteiger partial charge in [0.2, 0.25) is 5.91 Å². The van der Waals surface area contributed by atoms with E-state index >= 15 is 0 Å². The lowest BCUT2D eigenvalue weighted by Crippen LogP contribution is -2.34. The van der Waals surface area contributed by atoms with Crippen molar-refractivity contribution < 1.29 is 4.79 Å². The summed E-state index contributed by atoms with van der Waals surface area (Å²) in [7, 11) is 0. The molecule has 1 aromatic heterocycles. The number of rotatable bonds is 4. The third-order valence-electron chi connectivity index (χ3n) is 3.07. The topological polar surface area (TPSA) is 34.0 Å². The molecule has 0 spiro atoms. The fourth-order valence-corrected chi connectivity index (χ4v) is 2.21. The Morgan fingerprint density at radius 1 is 1.44 bits per heavy atom. The highest BCUT2D eigenvalue weighted by molar-refractivity contribution is 6.35. The van der Waals surface area contributed by atoms with E-state index in [0.29, 0.717) is 11.6 Å². The van der Waals surface area contributed by atoms with Crippen molar-refractivity contribution >= 4 is 28.4 Å². The fraction of sp³-hybridized carbons (Fsp3) is 0.357. The van der Waals surface area contributed by atoms with Crippen molar-refractivity contribution in [2.75, 3.05) is 0 Å². The predicted molar refractivity (Wildman–Crippen MR) is 74.8 cm³/mol. The van der Waals surface area contributed by atoms with Crippen LogP contribution in [-0.2, 0) is 11.3 Å². The summed E-state index contributed by atoms with van der Waals surface area (Å²) in [6, 6.07) is 7.92. The second-order valence-electron chi connectivity index (χ2n) is 4.50. The number of para-hydroxylation sites is 1. The SMILES string of the molecule is CCC(C)NC(=O)Cn1ccc2cccc(Cl)c21. The number of nitrogens with zero attached hydrogens (tertiary/aromatic N) is 1. The zero-order valence-corrected chi connectivity index (χ0v) is 11.4. The highest BCUT2D eigenvalue weighted by Gasteiger charge is 2.10. The van der Waals surface area contributed by atoms with Crippen molar-refractivity contribution in [3.63, 3.8) is 0 Å². The van der Waals surface area contributed by atoms with Crippen molar-refractivity contribution in [3.8, 4) is 0 Å². The van der Waals surface area contributed by atoms with Gasteiger partial charge in [-0.15, -0.1) is 0 Å². The molecule has 0 aliphatic carbocycles. The van der Waals surface area contributed by atoms with Gasteiger partial charge >= 0.3 is 0 Å². The summed E-state index contributed by atoms with van der Waals surface area (Å²) < 4.78 is 1.88. The molecule has 1 unspecified atom stereocenters. The first-order valence-electron chi connectivity index (χ1n) is 6.14. The monoisotopic (exact) mass is 264 g/mol. The average molecular weight is 265 g/mol. The van der Waals surface area contributed by atoms with E-state index in [-0.39, 0.29) is 11.9 Å². The summed E-state index contributed by atoms with van der Waals surface area (Å²) in [6.45, 7) is 4.35. The molecule has 0 bridgehead atoms. The number of fused-ring (bicyclic) bond motifs is 1. The van der Waals surface area contributed by atoms with Gasteiger partial charge in [0.1, 0.15) is 6.54 Å². The van der Waals surface area contributed by atoms with Crippen LogP contribution in [0.15, 0.2) is 30.5 Å². The highest BCUT2D eigenvalue weighted by Crippen LogP contribution is 2.24. The number of carbonyl (C=O) groups excluding carboxylic acids is 1. The van der Waals surface area contributed by atoms with Gasteiger partial charge in [0.15, 0.2) is 0 Å². The highest BCUT2D eigenvalue weighted by atomic mass is 35.5. The molecule has 1 amide bonds. The van der Waals surface area contributed by atoms with Crippen LogP contribution in [0, 0.1) is 0 Å². The van der Waals surface area contributed by atoms with Gasteiger partial charge in [0.25, 0.3) is 0 Å². The van der Waals surface area contributed by atoms with E-state index in [2.05, 4.69) is 5.32 Å². The van der Waals surface area contributed by atoms with E-state index in [1.165, 1.54) is 0 Å². The van der Waals surface area contributed by atoms with Crippen LogP contribution in [0.3, 0.4) is 0 Å². The van der Waals surface area contributed by atoms with Gasteiger partial charge in [0.05, 0.1) is 10.5 Å². The summed E-state index contributed by atoms with van der Waals surface area (Å²) in [5.74, 6) is 0.0155. The van der Waals surface area contributed by atoms with Crippen molar-refractivity contribution in [2.24, 2.45) is 0 Å². The van der Waals surface area contributed by atoms with Crippen LogP contribution in [0.5, 0.6) is 0 Å². The van der Waals surface area contributed by atoms with Gasteiger partial charge in [-0.05, 0) is 25.5 Å². The maximum atomic E-state index is 11.9. The number of benzene rings is 1. The van der Waals surface area contributed by atoms with Crippen LogP contribution >= 0.6 is 11.6 Å². The summed E-state index contributed by atoms with van der Waals surface area (Å²) in [6.07, 6.45) is 2.83. The third-order valence-corrected chi connectivity index (χ3v) is 3.38. The number of hydrogen-bond donors (Lipinski definition) is 1. The molecular formula is C14H17ClN2O. The molecule has 1 N–H and O–H groups in total. The number of amides is 1. The number of hydrogen-bond acceptors (Lipinski definition) is 1. The molecule has 3 nitrogen and oxygen atoms in total. The second kappa shape index (κ2) is 5.44. The summed E-state index contributed by atoms with van der Waals surface area (Å²) in [5, 5.41) is 4.68. The van der Waals surface area contributed by atoms with E-state index in [1.807, 2.05) is 48.9 Å². The van der Waals surface area contributed by atoms with Crippen LogP contribution in [0.2, 0.25) is 5.02 Å². The Hall–Kier alpha value is -1.48. The van der Waals surface area contributed by atoms with Gasteiger partial charge in [0, 0.05) is 17.6 Å². The molecule has 4 heteroatoms. The zero-order valence-electron chi connectivity index (χ0n) is 10.6. The predicted octanol–water partition coefficient (Wildman–Crippen LogP) is 3.21. The van der Waals surface area contributed by atoms with E-state index in [1.54, 1.807) is 0 Å². The Kier molecular flexibility index (Phi) is 3.92. The average Bonchev–Trinajstić information content (AvgIpc) is 2.73. The smallest absolute Gasteiger partial charge is 0.240 e. The molecule has 18 heavy (non-hydrogen) atoms. The Balaban J connectivity index is 2.19. The fourth-order valence-electron chi connectivity index (χ4n) is 1.92.